The highest BCUT2D eigenvalue weighted by Gasteiger charge is 2.39. The number of imide groups is 1. The summed E-state index contributed by atoms with van der Waals surface area (Å²) in [6, 6.07) is 11.0. The lowest BCUT2D eigenvalue weighted by Crippen LogP contribution is -2.31. The first-order valence-electron chi connectivity index (χ1n) is 9.30. The van der Waals surface area contributed by atoms with Crippen LogP contribution < -0.4 is 4.74 Å². The smallest absolute Gasteiger partial charge is 0.268 e. The van der Waals surface area contributed by atoms with E-state index in [0.717, 1.165) is 16.9 Å². The van der Waals surface area contributed by atoms with Crippen LogP contribution in [0.5, 0.6) is 5.75 Å². The van der Waals surface area contributed by atoms with Crippen molar-refractivity contribution in [1.29, 1.82) is 0 Å². The van der Waals surface area contributed by atoms with Crippen LogP contribution >= 0.6 is 11.8 Å². The van der Waals surface area contributed by atoms with Gasteiger partial charge in [-0.05, 0) is 43.2 Å². The highest BCUT2D eigenvalue weighted by molar-refractivity contribution is 8.04. The summed E-state index contributed by atoms with van der Waals surface area (Å²) in [5.74, 6) is 0.223. The number of nitrogens with zero attached hydrogens (tertiary/aromatic N) is 2. The fraction of sp³-hybridized carbons (Fsp3) is 0.318. The number of hydrogen-bond donors (Lipinski definition) is 0. The molecule has 0 unspecified atom stereocenters. The van der Waals surface area contributed by atoms with E-state index in [1.165, 1.54) is 16.7 Å². The molecule has 2 amide bonds. The van der Waals surface area contributed by atoms with Crippen LogP contribution in [-0.2, 0) is 16.1 Å². The van der Waals surface area contributed by atoms with Gasteiger partial charge in [0.1, 0.15) is 5.75 Å². The Morgan fingerprint density at radius 3 is 2.32 bits per heavy atom. The second kappa shape index (κ2) is 8.61. The number of ether oxygens (including phenoxy) is 1. The predicted octanol–water partition coefficient (Wildman–Crippen LogP) is 4.29. The second-order valence-electron chi connectivity index (χ2n) is 7.12. The Labute approximate surface area is 169 Å². The Morgan fingerprint density at radius 2 is 1.75 bits per heavy atom. The first-order chi connectivity index (χ1) is 13.4. The summed E-state index contributed by atoms with van der Waals surface area (Å²) in [5.41, 5.74) is 2.01. The quantitative estimate of drug-likeness (QED) is 0.654. The molecule has 5 nitrogen and oxygen atoms in total. The van der Waals surface area contributed by atoms with Crippen molar-refractivity contribution in [3.05, 3.63) is 64.8 Å². The number of carbonyl (C=O) groups is 2. The van der Waals surface area contributed by atoms with E-state index in [2.05, 4.69) is 4.98 Å². The molecule has 0 saturated carbocycles. The van der Waals surface area contributed by atoms with Crippen molar-refractivity contribution in [3.8, 4) is 5.75 Å². The zero-order valence-electron chi connectivity index (χ0n) is 16.5. The summed E-state index contributed by atoms with van der Waals surface area (Å²) in [6.07, 6.45) is 3.41. The monoisotopic (exact) mass is 396 g/mol. The zero-order valence-corrected chi connectivity index (χ0v) is 17.3. The van der Waals surface area contributed by atoms with Gasteiger partial charge < -0.3 is 4.74 Å². The molecule has 3 rings (SSSR count). The van der Waals surface area contributed by atoms with Gasteiger partial charge in [-0.15, -0.1) is 11.8 Å². The van der Waals surface area contributed by atoms with Crippen LogP contribution in [0.2, 0.25) is 0 Å². The van der Waals surface area contributed by atoms with Gasteiger partial charge >= 0.3 is 0 Å². The molecule has 0 spiro atoms. The van der Waals surface area contributed by atoms with E-state index in [4.69, 9.17) is 4.74 Å². The van der Waals surface area contributed by atoms with Crippen LogP contribution in [0, 0.1) is 0 Å². The minimum absolute atomic E-state index is 0.0711. The van der Waals surface area contributed by atoms with Crippen molar-refractivity contribution < 1.29 is 14.3 Å². The number of carbonyl (C=O) groups excluding carboxylic acids is 2. The first kappa shape index (κ1) is 20.1. The van der Waals surface area contributed by atoms with Gasteiger partial charge in [-0.2, -0.15) is 0 Å². The molecular formula is C22H24N2O3S. The molecule has 0 N–H and O–H groups in total. The molecule has 0 saturated heterocycles. The Kier molecular flexibility index (Phi) is 6.19. The highest BCUT2D eigenvalue weighted by Crippen LogP contribution is 2.38. The van der Waals surface area contributed by atoms with Crippen LogP contribution in [0.3, 0.4) is 0 Å². The highest BCUT2D eigenvalue weighted by atomic mass is 32.2. The van der Waals surface area contributed by atoms with Gasteiger partial charge in [0.25, 0.3) is 11.8 Å². The van der Waals surface area contributed by atoms with E-state index in [-0.39, 0.29) is 29.7 Å². The Balaban J connectivity index is 1.94. The SMILES string of the molecule is CC(C)Oc1ccc(C2=C(SC(C)C)C(=O)N(Cc3cccnc3)C2=O)cc1. The van der Waals surface area contributed by atoms with Crippen molar-refractivity contribution in [2.24, 2.45) is 0 Å². The van der Waals surface area contributed by atoms with Gasteiger partial charge in [-0.1, -0.05) is 32.0 Å². The lowest BCUT2D eigenvalue weighted by atomic mass is 10.1. The van der Waals surface area contributed by atoms with Crippen molar-refractivity contribution in [1.82, 2.24) is 9.88 Å². The average molecular weight is 397 g/mol. The maximum Gasteiger partial charge on any atom is 0.268 e. The molecule has 2 aromatic rings. The van der Waals surface area contributed by atoms with E-state index in [9.17, 15) is 9.59 Å². The first-order valence-corrected chi connectivity index (χ1v) is 10.2. The third-order valence-corrected chi connectivity index (χ3v) is 5.14. The molecule has 2 heterocycles. The fourth-order valence-electron chi connectivity index (χ4n) is 2.94. The number of pyridine rings is 1. The molecule has 6 heteroatoms. The van der Waals surface area contributed by atoms with E-state index >= 15 is 0 Å². The minimum atomic E-state index is -0.269. The molecule has 0 atom stereocenters. The maximum atomic E-state index is 13.2. The normalized spacial score (nSPS) is 14.6. The number of hydrogen-bond acceptors (Lipinski definition) is 5. The van der Waals surface area contributed by atoms with E-state index in [0.29, 0.717) is 10.5 Å². The Bertz CT molecular complexity index is 890. The third-order valence-electron chi connectivity index (χ3n) is 4.06. The molecule has 1 aliphatic rings. The number of aromatic nitrogens is 1. The van der Waals surface area contributed by atoms with Gasteiger partial charge in [-0.3, -0.25) is 19.5 Å². The lowest BCUT2D eigenvalue weighted by molar-refractivity contribution is -0.137. The van der Waals surface area contributed by atoms with Crippen LogP contribution in [0.25, 0.3) is 5.57 Å². The Hall–Kier alpha value is -2.60. The molecule has 0 aliphatic carbocycles. The number of thioether (sulfide) groups is 1. The van der Waals surface area contributed by atoms with Crippen molar-refractivity contribution in [2.75, 3.05) is 0 Å². The minimum Gasteiger partial charge on any atom is -0.491 e. The number of benzene rings is 1. The summed E-state index contributed by atoms with van der Waals surface area (Å²) in [4.78, 5) is 32.1. The van der Waals surface area contributed by atoms with Gasteiger partial charge in [0.05, 0.1) is 23.1 Å². The number of rotatable bonds is 7. The molecule has 1 aromatic heterocycles. The molecule has 146 valence electrons. The summed E-state index contributed by atoms with van der Waals surface area (Å²) in [6.45, 7) is 8.16. The van der Waals surface area contributed by atoms with E-state index < -0.39 is 0 Å². The number of amides is 2. The van der Waals surface area contributed by atoms with E-state index in [1.54, 1.807) is 18.5 Å². The Morgan fingerprint density at radius 1 is 1.04 bits per heavy atom. The molecule has 28 heavy (non-hydrogen) atoms. The summed E-state index contributed by atoms with van der Waals surface area (Å²) in [5, 5.41) is 0.184. The van der Waals surface area contributed by atoms with Crippen LogP contribution in [0.15, 0.2) is 53.7 Å². The van der Waals surface area contributed by atoms with Crippen molar-refractivity contribution >= 4 is 29.1 Å². The summed E-state index contributed by atoms with van der Waals surface area (Å²) < 4.78 is 5.68. The summed E-state index contributed by atoms with van der Waals surface area (Å²) in [7, 11) is 0. The van der Waals surface area contributed by atoms with Gasteiger partial charge in [0.2, 0.25) is 0 Å². The second-order valence-corrected chi connectivity index (χ2v) is 8.71. The van der Waals surface area contributed by atoms with Crippen LogP contribution in [0.1, 0.15) is 38.8 Å². The zero-order chi connectivity index (χ0) is 20.3. The standard InChI is InChI=1S/C22H24N2O3S/c1-14(2)27-18-9-7-17(8-10-18)19-20(28-15(3)4)22(26)24(21(19)25)13-16-6-5-11-23-12-16/h5-12,14-15H,13H2,1-4H3. The van der Waals surface area contributed by atoms with Crippen LogP contribution in [0.4, 0.5) is 0 Å². The van der Waals surface area contributed by atoms with Gasteiger partial charge in [-0.25, -0.2) is 0 Å². The maximum absolute atomic E-state index is 13.2. The lowest BCUT2D eigenvalue weighted by Gasteiger charge is -2.15. The largest absolute Gasteiger partial charge is 0.491 e. The van der Waals surface area contributed by atoms with Gasteiger partial charge in [0.15, 0.2) is 0 Å². The van der Waals surface area contributed by atoms with Crippen molar-refractivity contribution in [3.63, 3.8) is 0 Å². The summed E-state index contributed by atoms with van der Waals surface area (Å²) >= 11 is 1.43. The predicted molar refractivity (Wildman–Crippen MR) is 112 cm³/mol. The molecule has 0 bridgehead atoms. The third kappa shape index (κ3) is 4.44. The van der Waals surface area contributed by atoms with Crippen LogP contribution in [-0.4, -0.2) is 33.1 Å². The molecular weight excluding hydrogens is 372 g/mol. The van der Waals surface area contributed by atoms with Gasteiger partial charge in [0, 0.05) is 17.6 Å². The molecule has 1 aromatic carbocycles. The molecule has 0 fully saturated rings. The molecule has 1 aliphatic heterocycles. The van der Waals surface area contributed by atoms with Crippen molar-refractivity contribution in [2.45, 2.75) is 45.6 Å². The fourth-order valence-corrected chi connectivity index (χ4v) is 3.95. The van der Waals surface area contributed by atoms with E-state index in [1.807, 2.05) is 58.0 Å². The topological polar surface area (TPSA) is 59.5 Å². The molecule has 0 radical (unpaired) electrons. The average Bonchev–Trinajstić information content (AvgIpc) is 2.87.